The van der Waals surface area contributed by atoms with Gasteiger partial charge < -0.3 is 29.6 Å². The molecule has 5 heterocycles. The molecule has 1 saturated heterocycles. The van der Waals surface area contributed by atoms with Crippen LogP contribution < -0.4 is 24.8 Å². The molecule has 0 radical (unpaired) electrons. The van der Waals surface area contributed by atoms with Gasteiger partial charge in [-0.3, -0.25) is 4.79 Å². The van der Waals surface area contributed by atoms with E-state index in [1.165, 1.54) is 13.0 Å². The SMILES string of the molecule is CC(=O)Nc1cc(Nc2cc(OCC3(C)COC3)cc(S(C)(=O)=O)n2)c(-c2ccc3c(n2)OCC(C)(C)O3)cn1. The number of anilines is 3. The molecule has 0 aromatic carbocycles. The molecule has 5 rings (SSSR count). The van der Waals surface area contributed by atoms with Crippen molar-refractivity contribution in [2.75, 3.05) is 43.3 Å². The normalized spacial score (nSPS) is 16.9. The first-order chi connectivity index (χ1) is 18.8. The van der Waals surface area contributed by atoms with E-state index in [-0.39, 0.29) is 28.0 Å². The number of aromatic nitrogens is 3. The fraction of sp³-hybridized carbons (Fsp3) is 0.407. The van der Waals surface area contributed by atoms with Crippen molar-refractivity contribution in [3.8, 4) is 28.6 Å². The van der Waals surface area contributed by atoms with Gasteiger partial charge in [0, 0.05) is 48.6 Å². The van der Waals surface area contributed by atoms with Crippen LogP contribution in [0, 0.1) is 5.41 Å². The van der Waals surface area contributed by atoms with E-state index in [0.29, 0.717) is 60.8 Å². The Morgan fingerprint density at radius 2 is 1.85 bits per heavy atom. The summed E-state index contributed by atoms with van der Waals surface area (Å²) in [5, 5.41) is 5.68. The van der Waals surface area contributed by atoms with E-state index in [9.17, 15) is 13.2 Å². The number of nitrogens with one attached hydrogen (secondary N) is 2. The van der Waals surface area contributed by atoms with Crippen molar-refractivity contribution in [2.24, 2.45) is 5.41 Å². The van der Waals surface area contributed by atoms with Crippen LogP contribution in [0.1, 0.15) is 27.7 Å². The minimum Gasteiger partial charge on any atom is -0.493 e. The summed E-state index contributed by atoms with van der Waals surface area (Å²) in [6.45, 7) is 9.06. The van der Waals surface area contributed by atoms with Gasteiger partial charge in [-0.2, -0.15) is 0 Å². The Labute approximate surface area is 232 Å². The van der Waals surface area contributed by atoms with Crippen LogP contribution in [-0.4, -0.2) is 67.6 Å². The molecule has 0 spiro atoms. The Bertz CT molecular complexity index is 1570. The minimum absolute atomic E-state index is 0.146. The predicted molar refractivity (Wildman–Crippen MR) is 147 cm³/mol. The van der Waals surface area contributed by atoms with Crippen LogP contribution in [0.25, 0.3) is 11.3 Å². The number of pyridine rings is 3. The molecule has 2 aliphatic heterocycles. The van der Waals surface area contributed by atoms with Crippen molar-refractivity contribution < 1.29 is 32.2 Å². The van der Waals surface area contributed by atoms with Crippen molar-refractivity contribution in [3.63, 3.8) is 0 Å². The van der Waals surface area contributed by atoms with Gasteiger partial charge in [0.2, 0.25) is 5.91 Å². The molecule has 0 saturated carbocycles. The summed E-state index contributed by atoms with van der Waals surface area (Å²) in [4.78, 5) is 25.0. The second-order valence-corrected chi connectivity index (χ2v) is 12.9. The van der Waals surface area contributed by atoms with Crippen molar-refractivity contribution in [1.82, 2.24) is 15.0 Å². The van der Waals surface area contributed by atoms with Gasteiger partial charge in [0.15, 0.2) is 20.6 Å². The molecule has 12 nitrogen and oxygen atoms in total. The number of hydrogen-bond acceptors (Lipinski definition) is 11. The molecular weight excluding hydrogens is 538 g/mol. The summed E-state index contributed by atoms with van der Waals surface area (Å²) in [5.41, 5.74) is 0.904. The van der Waals surface area contributed by atoms with Gasteiger partial charge in [-0.1, -0.05) is 6.92 Å². The maximum absolute atomic E-state index is 12.4. The highest BCUT2D eigenvalue weighted by molar-refractivity contribution is 7.90. The van der Waals surface area contributed by atoms with Gasteiger partial charge in [-0.15, -0.1) is 0 Å². The molecule has 0 unspecified atom stereocenters. The first-order valence-electron chi connectivity index (χ1n) is 12.6. The topological polar surface area (TPSA) is 151 Å². The Morgan fingerprint density at radius 1 is 1.07 bits per heavy atom. The van der Waals surface area contributed by atoms with Crippen LogP contribution in [0.4, 0.5) is 17.3 Å². The average Bonchev–Trinajstić information content (AvgIpc) is 2.85. The Kier molecular flexibility index (Phi) is 7.04. The number of nitrogens with zero attached hydrogens (tertiary/aromatic N) is 3. The third-order valence-corrected chi connectivity index (χ3v) is 7.13. The van der Waals surface area contributed by atoms with Crippen LogP contribution in [0.5, 0.6) is 17.4 Å². The molecule has 2 aliphatic rings. The fourth-order valence-electron chi connectivity index (χ4n) is 4.09. The molecule has 212 valence electrons. The summed E-state index contributed by atoms with van der Waals surface area (Å²) in [5.74, 6) is 1.40. The molecule has 40 heavy (non-hydrogen) atoms. The van der Waals surface area contributed by atoms with Crippen LogP contribution >= 0.6 is 0 Å². The van der Waals surface area contributed by atoms with Gasteiger partial charge in [-0.05, 0) is 26.0 Å². The molecule has 13 heteroatoms. The molecule has 1 amide bonds. The lowest BCUT2D eigenvalue weighted by Gasteiger charge is -2.37. The predicted octanol–water partition coefficient (Wildman–Crippen LogP) is 3.61. The number of ether oxygens (including phenoxy) is 4. The van der Waals surface area contributed by atoms with Crippen molar-refractivity contribution in [3.05, 3.63) is 36.5 Å². The van der Waals surface area contributed by atoms with Gasteiger partial charge in [0.1, 0.15) is 29.6 Å². The lowest BCUT2D eigenvalue weighted by atomic mass is 9.90. The number of amides is 1. The highest BCUT2D eigenvalue weighted by atomic mass is 32.2. The summed E-state index contributed by atoms with van der Waals surface area (Å²) in [6.07, 6.45) is 2.63. The van der Waals surface area contributed by atoms with Crippen molar-refractivity contribution in [1.29, 1.82) is 0 Å². The summed E-state index contributed by atoms with van der Waals surface area (Å²) >= 11 is 0. The van der Waals surface area contributed by atoms with E-state index in [1.54, 1.807) is 30.5 Å². The second-order valence-electron chi connectivity index (χ2n) is 11.0. The monoisotopic (exact) mass is 569 g/mol. The molecular formula is C27H31N5O7S. The first kappa shape index (κ1) is 27.6. The van der Waals surface area contributed by atoms with Gasteiger partial charge in [-0.25, -0.2) is 23.4 Å². The van der Waals surface area contributed by atoms with Gasteiger partial charge in [0.25, 0.3) is 5.88 Å². The summed E-state index contributed by atoms with van der Waals surface area (Å²) in [7, 11) is -3.66. The number of carbonyl (C=O) groups is 1. The zero-order chi connectivity index (χ0) is 28.7. The van der Waals surface area contributed by atoms with E-state index in [2.05, 4.69) is 25.6 Å². The largest absolute Gasteiger partial charge is 0.493 e. The van der Waals surface area contributed by atoms with Crippen LogP contribution in [0.3, 0.4) is 0 Å². The molecule has 0 atom stereocenters. The van der Waals surface area contributed by atoms with E-state index in [4.69, 9.17) is 18.9 Å². The number of sulfone groups is 1. The number of fused-ring (bicyclic) bond motifs is 1. The summed E-state index contributed by atoms with van der Waals surface area (Å²) < 4.78 is 47.9. The molecule has 0 aliphatic carbocycles. The smallest absolute Gasteiger partial charge is 0.257 e. The Balaban J connectivity index is 1.53. The van der Waals surface area contributed by atoms with Gasteiger partial charge in [0.05, 0.1) is 31.2 Å². The fourth-order valence-corrected chi connectivity index (χ4v) is 4.68. The molecule has 3 aromatic heterocycles. The maximum Gasteiger partial charge on any atom is 0.257 e. The Hall–Kier alpha value is -3.97. The second kappa shape index (κ2) is 10.2. The van der Waals surface area contributed by atoms with Gasteiger partial charge >= 0.3 is 0 Å². The highest BCUT2D eigenvalue weighted by Gasteiger charge is 2.34. The van der Waals surface area contributed by atoms with Crippen molar-refractivity contribution >= 4 is 33.1 Å². The standard InChI is InChI=1S/C27H31N5O7S/c1-16(33)29-22-10-20(18(11-28-22)19-6-7-21-25(31-19)38-12-26(2,3)39-21)30-23-8-17(9-24(32-23)40(5,34)35)37-15-27(4)13-36-14-27/h6-11H,12-15H2,1-5H3,(H2,28,29,30,32,33). The van der Waals surface area contributed by atoms with Crippen LogP contribution in [0.15, 0.2) is 41.6 Å². The highest BCUT2D eigenvalue weighted by Crippen LogP contribution is 2.38. The third kappa shape index (κ3) is 6.26. The molecule has 1 fully saturated rings. The van der Waals surface area contributed by atoms with E-state index >= 15 is 0 Å². The third-order valence-electron chi connectivity index (χ3n) is 6.16. The lowest BCUT2D eigenvalue weighted by Crippen LogP contribution is -2.44. The quantitative estimate of drug-likeness (QED) is 0.409. The molecule has 3 aromatic rings. The van der Waals surface area contributed by atoms with Crippen LogP contribution in [-0.2, 0) is 19.4 Å². The first-order valence-corrected chi connectivity index (χ1v) is 14.5. The maximum atomic E-state index is 12.4. The molecule has 0 bridgehead atoms. The minimum atomic E-state index is -3.66. The van der Waals surface area contributed by atoms with E-state index < -0.39 is 15.4 Å². The van der Waals surface area contributed by atoms with Crippen LogP contribution in [0.2, 0.25) is 0 Å². The van der Waals surface area contributed by atoms with Crippen molar-refractivity contribution in [2.45, 2.75) is 38.3 Å². The van der Waals surface area contributed by atoms with E-state index in [0.717, 1.165) is 6.26 Å². The average molecular weight is 570 g/mol. The Morgan fingerprint density at radius 3 is 2.52 bits per heavy atom. The number of rotatable bonds is 8. The number of carbonyl (C=O) groups excluding carboxylic acids is 1. The summed E-state index contributed by atoms with van der Waals surface area (Å²) in [6, 6.07) is 8.15. The number of hydrogen-bond donors (Lipinski definition) is 2. The zero-order valence-electron chi connectivity index (χ0n) is 22.9. The lowest BCUT2D eigenvalue weighted by molar-refractivity contribution is -0.120. The van der Waals surface area contributed by atoms with E-state index in [1.807, 2.05) is 20.8 Å². The molecule has 2 N–H and O–H groups in total. The zero-order valence-corrected chi connectivity index (χ0v) is 23.7.